The number of hydrogen-bond acceptors (Lipinski definition) is 4. The molecule has 1 atom stereocenters. The van der Waals surface area contributed by atoms with Crippen molar-refractivity contribution in [2.75, 3.05) is 17.2 Å². The van der Waals surface area contributed by atoms with Crippen molar-refractivity contribution in [3.63, 3.8) is 0 Å². The molecule has 0 saturated carbocycles. The van der Waals surface area contributed by atoms with Gasteiger partial charge in [0.2, 0.25) is 5.95 Å². The van der Waals surface area contributed by atoms with Crippen LogP contribution in [0.3, 0.4) is 0 Å². The molecule has 114 valence electrons. The molecule has 2 N–H and O–H groups in total. The fraction of sp³-hybridized carbons (Fsp3) is 0.733. The standard InChI is InChI=1S/C15H27BrN4/c1-4-6-7-8-9-12(3)19-14-13(16)11-18-15(20-14)17-10-5-2/h11-12H,4-10H2,1-3H3,(H2,17,18,19,20). The molecule has 20 heavy (non-hydrogen) atoms. The van der Waals surface area contributed by atoms with Crippen molar-refractivity contribution in [2.45, 2.75) is 65.3 Å². The molecule has 1 rings (SSSR count). The number of aromatic nitrogens is 2. The van der Waals surface area contributed by atoms with Gasteiger partial charge in [-0.25, -0.2) is 4.98 Å². The third kappa shape index (κ3) is 6.55. The van der Waals surface area contributed by atoms with Crippen LogP contribution in [0.5, 0.6) is 0 Å². The largest absolute Gasteiger partial charge is 0.367 e. The Bertz CT molecular complexity index is 384. The maximum absolute atomic E-state index is 4.51. The van der Waals surface area contributed by atoms with Crippen molar-refractivity contribution in [3.8, 4) is 0 Å². The average molecular weight is 343 g/mol. The molecule has 0 saturated heterocycles. The lowest BCUT2D eigenvalue weighted by Crippen LogP contribution is -2.17. The van der Waals surface area contributed by atoms with Crippen LogP contribution in [0.2, 0.25) is 0 Å². The fourth-order valence-corrected chi connectivity index (χ4v) is 2.28. The Morgan fingerprint density at radius 3 is 2.70 bits per heavy atom. The number of rotatable bonds is 10. The van der Waals surface area contributed by atoms with E-state index >= 15 is 0 Å². The summed E-state index contributed by atoms with van der Waals surface area (Å²) in [6, 6.07) is 0.428. The highest BCUT2D eigenvalue weighted by molar-refractivity contribution is 9.10. The first-order chi connectivity index (χ1) is 9.67. The van der Waals surface area contributed by atoms with Crippen molar-refractivity contribution >= 4 is 27.7 Å². The van der Waals surface area contributed by atoms with E-state index in [4.69, 9.17) is 0 Å². The topological polar surface area (TPSA) is 49.8 Å². The molecule has 0 aliphatic carbocycles. The van der Waals surface area contributed by atoms with Crippen LogP contribution in [0.15, 0.2) is 10.7 Å². The molecule has 0 aliphatic rings. The molecule has 5 heteroatoms. The molecular weight excluding hydrogens is 316 g/mol. The van der Waals surface area contributed by atoms with Crippen LogP contribution in [0.25, 0.3) is 0 Å². The van der Waals surface area contributed by atoms with Gasteiger partial charge in [-0.2, -0.15) is 4.98 Å². The van der Waals surface area contributed by atoms with Gasteiger partial charge in [-0.3, -0.25) is 0 Å². The van der Waals surface area contributed by atoms with E-state index in [2.05, 4.69) is 57.3 Å². The summed E-state index contributed by atoms with van der Waals surface area (Å²) in [5, 5.41) is 6.68. The van der Waals surface area contributed by atoms with Gasteiger partial charge in [0.15, 0.2) is 0 Å². The predicted octanol–water partition coefficient (Wildman–Crippen LogP) is 4.83. The van der Waals surface area contributed by atoms with Gasteiger partial charge < -0.3 is 10.6 Å². The third-order valence-corrected chi connectivity index (χ3v) is 3.73. The maximum atomic E-state index is 4.51. The monoisotopic (exact) mass is 342 g/mol. The second-order valence-corrected chi connectivity index (χ2v) is 6.07. The van der Waals surface area contributed by atoms with E-state index in [0.717, 1.165) is 23.3 Å². The van der Waals surface area contributed by atoms with Crippen LogP contribution in [0, 0.1) is 0 Å². The van der Waals surface area contributed by atoms with Crippen molar-refractivity contribution < 1.29 is 0 Å². The highest BCUT2D eigenvalue weighted by Gasteiger charge is 2.08. The lowest BCUT2D eigenvalue weighted by Gasteiger charge is -2.16. The normalized spacial score (nSPS) is 12.2. The Hall–Kier alpha value is -0.840. The number of nitrogens with zero attached hydrogens (tertiary/aromatic N) is 2. The molecule has 0 aromatic carbocycles. The summed E-state index contributed by atoms with van der Waals surface area (Å²) in [5.74, 6) is 1.57. The van der Waals surface area contributed by atoms with Gasteiger partial charge in [0, 0.05) is 18.8 Å². The molecule has 1 aromatic heterocycles. The second-order valence-electron chi connectivity index (χ2n) is 5.21. The zero-order chi connectivity index (χ0) is 14.8. The summed E-state index contributed by atoms with van der Waals surface area (Å²) < 4.78 is 0.917. The van der Waals surface area contributed by atoms with Gasteiger partial charge in [0.25, 0.3) is 0 Å². The minimum atomic E-state index is 0.428. The van der Waals surface area contributed by atoms with Crippen LogP contribution in [-0.2, 0) is 0 Å². The molecule has 0 fully saturated rings. The van der Waals surface area contributed by atoms with E-state index in [1.807, 2.05) is 0 Å². The molecular formula is C15H27BrN4. The minimum Gasteiger partial charge on any atom is -0.367 e. The first-order valence-corrected chi connectivity index (χ1v) is 8.49. The van der Waals surface area contributed by atoms with Crippen LogP contribution < -0.4 is 10.6 Å². The quantitative estimate of drug-likeness (QED) is 0.597. The molecule has 1 heterocycles. The Morgan fingerprint density at radius 2 is 2.00 bits per heavy atom. The molecule has 0 aliphatic heterocycles. The smallest absolute Gasteiger partial charge is 0.224 e. The highest BCUT2D eigenvalue weighted by Crippen LogP contribution is 2.21. The molecule has 0 radical (unpaired) electrons. The maximum Gasteiger partial charge on any atom is 0.224 e. The van der Waals surface area contributed by atoms with Gasteiger partial charge in [-0.15, -0.1) is 0 Å². The Labute approximate surface area is 131 Å². The van der Waals surface area contributed by atoms with E-state index in [1.165, 1.54) is 32.1 Å². The van der Waals surface area contributed by atoms with Crippen molar-refractivity contribution in [3.05, 3.63) is 10.7 Å². The zero-order valence-electron chi connectivity index (χ0n) is 12.9. The first-order valence-electron chi connectivity index (χ1n) is 7.70. The molecule has 0 bridgehead atoms. The van der Waals surface area contributed by atoms with E-state index in [1.54, 1.807) is 6.20 Å². The lowest BCUT2D eigenvalue weighted by atomic mass is 10.1. The number of anilines is 2. The van der Waals surface area contributed by atoms with Crippen LogP contribution in [0.4, 0.5) is 11.8 Å². The Kier molecular flexibility index (Phi) is 8.58. The molecule has 4 nitrogen and oxygen atoms in total. The minimum absolute atomic E-state index is 0.428. The Morgan fingerprint density at radius 1 is 1.20 bits per heavy atom. The fourth-order valence-electron chi connectivity index (χ4n) is 1.97. The van der Waals surface area contributed by atoms with Crippen LogP contribution in [-0.4, -0.2) is 22.6 Å². The predicted molar refractivity (Wildman–Crippen MR) is 90.4 cm³/mol. The number of halogens is 1. The van der Waals surface area contributed by atoms with E-state index < -0.39 is 0 Å². The summed E-state index contributed by atoms with van der Waals surface area (Å²) in [4.78, 5) is 8.78. The van der Waals surface area contributed by atoms with Gasteiger partial charge >= 0.3 is 0 Å². The number of unbranched alkanes of at least 4 members (excludes halogenated alkanes) is 3. The number of hydrogen-bond donors (Lipinski definition) is 2. The van der Waals surface area contributed by atoms with Crippen LogP contribution in [0.1, 0.15) is 59.3 Å². The SMILES string of the molecule is CCCCCCC(C)Nc1nc(NCCC)ncc1Br. The highest BCUT2D eigenvalue weighted by atomic mass is 79.9. The summed E-state index contributed by atoms with van der Waals surface area (Å²) in [6.45, 7) is 7.47. The summed E-state index contributed by atoms with van der Waals surface area (Å²) >= 11 is 3.50. The molecule has 0 amide bonds. The van der Waals surface area contributed by atoms with Gasteiger partial charge in [0.05, 0.1) is 4.47 Å². The van der Waals surface area contributed by atoms with Crippen LogP contribution >= 0.6 is 15.9 Å². The molecule has 1 unspecified atom stereocenters. The molecule has 0 spiro atoms. The Balaban J connectivity index is 2.48. The summed E-state index contributed by atoms with van der Waals surface area (Å²) in [6.07, 6.45) is 9.24. The zero-order valence-corrected chi connectivity index (χ0v) is 14.5. The van der Waals surface area contributed by atoms with Gasteiger partial charge in [-0.05, 0) is 35.7 Å². The lowest BCUT2D eigenvalue weighted by molar-refractivity contribution is 0.592. The third-order valence-electron chi connectivity index (χ3n) is 3.15. The molecule has 1 aromatic rings. The van der Waals surface area contributed by atoms with Gasteiger partial charge in [-0.1, -0.05) is 39.5 Å². The average Bonchev–Trinajstić information content (AvgIpc) is 2.44. The van der Waals surface area contributed by atoms with E-state index in [0.29, 0.717) is 12.0 Å². The summed E-state index contributed by atoms with van der Waals surface area (Å²) in [7, 11) is 0. The number of nitrogens with one attached hydrogen (secondary N) is 2. The van der Waals surface area contributed by atoms with E-state index in [-0.39, 0.29) is 0 Å². The van der Waals surface area contributed by atoms with Crippen molar-refractivity contribution in [1.82, 2.24) is 9.97 Å². The second kappa shape index (κ2) is 9.97. The van der Waals surface area contributed by atoms with Gasteiger partial charge in [0.1, 0.15) is 5.82 Å². The first kappa shape index (κ1) is 17.2. The van der Waals surface area contributed by atoms with Crippen molar-refractivity contribution in [2.24, 2.45) is 0 Å². The van der Waals surface area contributed by atoms with E-state index in [9.17, 15) is 0 Å². The summed E-state index contributed by atoms with van der Waals surface area (Å²) in [5.41, 5.74) is 0. The van der Waals surface area contributed by atoms with Crippen molar-refractivity contribution in [1.29, 1.82) is 0 Å².